The highest BCUT2D eigenvalue weighted by Gasteiger charge is 2.04. The molecule has 2 aromatic rings. The third-order valence-electron chi connectivity index (χ3n) is 1.40. The molecule has 0 bridgehead atoms. The number of nitrogens with zero attached hydrogens (tertiary/aromatic N) is 1. The van der Waals surface area contributed by atoms with Crippen molar-refractivity contribution >= 4 is 33.6 Å². The van der Waals surface area contributed by atoms with Crippen LogP contribution in [0.25, 0.3) is 11.0 Å². The Balaban J connectivity index is 2.91. The number of hydrogen-bond donors (Lipinski definition) is 1. The van der Waals surface area contributed by atoms with E-state index in [0.29, 0.717) is 5.58 Å². The molecule has 1 heterocycles. The SMILES string of the molecule is Oc1cc(I)cc2cnoc12. The zero-order valence-corrected chi connectivity index (χ0v) is 7.57. The molecule has 0 saturated carbocycles. The molecule has 1 N–H and O–H groups in total. The molecule has 0 aliphatic carbocycles. The molecule has 3 nitrogen and oxygen atoms in total. The second-order valence-corrected chi connectivity index (χ2v) is 3.41. The number of phenols is 1. The van der Waals surface area contributed by atoms with Gasteiger partial charge in [0.25, 0.3) is 0 Å². The minimum atomic E-state index is 0.143. The summed E-state index contributed by atoms with van der Waals surface area (Å²) >= 11 is 2.12. The van der Waals surface area contributed by atoms with Gasteiger partial charge in [-0.05, 0) is 34.7 Å². The van der Waals surface area contributed by atoms with Crippen molar-refractivity contribution in [1.82, 2.24) is 5.16 Å². The molecule has 1 aromatic heterocycles. The Morgan fingerprint density at radius 2 is 2.27 bits per heavy atom. The lowest BCUT2D eigenvalue weighted by Crippen LogP contribution is -1.70. The number of halogens is 1. The fraction of sp³-hybridized carbons (Fsp3) is 0. The second-order valence-electron chi connectivity index (χ2n) is 2.17. The number of benzene rings is 1. The lowest BCUT2D eigenvalue weighted by Gasteiger charge is -1.92. The molecule has 0 fully saturated rings. The van der Waals surface area contributed by atoms with Crippen molar-refractivity contribution in [2.24, 2.45) is 0 Å². The molecule has 2 rings (SSSR count). The van der Waals surface area contributed by atoms with Gasteiger partial charge in [0, 0.05) is 8.96 Å². The first-order chi connectivity index (χ1) is 5.27. The predicted molar refractivity (Wildman–Crippen MR) is 48.4 cm³/mol. The molecule has 1 aromatic carbocycles. The van der Waals surface area contributed by atoms with Crippen molar-refractivity contribution in [2.45, 2.75) is 0 Å². The van der Waals surface area contributed by atoms with Gasteiger partial charge in [0.1, 0.15) is 0 Å². The van der Waals surface area contributed by atoms with Gasteiger partial charge >= 0.3 is 0 Å². The highest BCUT2D eigenvalue weighted by atomic mass is 127. The lowest BCUT2D eigenvalue weighted by atomic mass is 10.2. The van der Waals surface area contributed by atoms with Crippen LogP contribution in [0.4, 0.5) is 0 Å². The summed E-state index contributed by atoms with van der Waals surface area (Å²) < 4.78 is 5.77. The number of phenolic OH excluding ortho intramolecular Hbond substituents is 1. The first-order valence-corrected chi connectivity index (χ1v) is 4.08. The Hall–Kier alpha value is -0.780. The monoisotopic (exact) mass is 261 g/mol. The summed E-state index contributed by atoms with van der Waals surface area (Å²) in [4.78, 5) is 0. The van der Waals surface area contributed by atoms with Gasteiger partial charge in [-0.1, -0.05) is 5.16 Å². The maximum Gasteiger partial charge on any atom is 0.208 e. The Morgan fingerprint density at radius 3 is 3.09 bits per heavy atom. The standard InChI is InChI=1S/C7H4INO2/c8-5-1-4-3-9-11-7(4)6(10)2-5/h1-3,10H. The van der Waals surface area contributed by atoms with Crippen molar-refractivity contribution in [3.05, 3.63) is 21.9 Å². The average Bonchev–Trinajstić information content (AvgIpc) is 2.34. The van der Waals surface area contributed by atoms with Gasteiger partial charge < -0.3 is 9.63 Å². The molecule has 0 saturated heterocycles. The maximum atomic E-state index is 9.30. The van der Waals surface area contributed by atoms with Gasteiger partial charge in [0.05, 0.1) is 6.20 Å². The van der Waals surface area contributed by atoms with Crippen molar-refractivity contribution in [3.63, 3.8) is 0 Å². The molecular formula is C7H4INO2. The van der Waals surface area contributed by atoms with E-state index in [0.717, 1.165) is 8.96 Å². The summed E-state index contributed by atoms with van der Waals surface area (Å²) in [6, 6.07) is 3.53. The Kier molecular flexibility index (Phi) is 1.49. The molecular weight excluding hydrogens is 257 g/mol. The molecule has 4 heteroatoms. The van der Waals surface area contributed by atoms with Crippen molar-refractivity contribution in [2.75, 3.05) is 0 Å². The average molecular weight is 261 g/mol. The van der Waals surface area contributed by atoms with E-state index >= 15 is 0 Å². The summed E-state index contributed by atoms with van der Waals surface area (Å²) in [5.41, 5.74) is 0.449. The number of aromatic nitrogens is 1. The molecule has 0 atom stereocenters. The van der Waals surface area contributed by atoms with Gasteiger partial charge in [-0.2, -0.15) is 0 Å². The van der Waals surface area contributed by atoms with E-state index < -0.39 is 0 Å². The van der Waals surface area contributed by atoms with Crippen LogP contribution < -0.4 is 0 Å². The van der Waals surface area contributed by atoms with Gasteiger partial charge in [-0.15, -0.1) is 0 Å². The highest BCUT2D eigenvalue weighted by molar-refractivity contribution is 14.1. The van der Waals surface area contributed by atoms with Crippen LogP contribution in [0.3, 0.4) is 0 Å². The van der Waals surface area contributed by atoms with Crippen LogP contribution in [0.15, 0.2) is 22.9 Å². The van der Waals surface area contributed by atoms with Crippen LogP contribution in [-0.2, 0) is 0 Å². The van der Waals surface area contributed by atoms with Crippen molar-refractivity contribution < 1.29 is 9.63 Å². The molecule has 0 aliphatic heterocycles. The molecule has 0 unspecified atom stereocenters. The van der Waals surface area contributed by atoms with E-state index in [9.17, 15) is 5.11 Å². The van der Waals surface area contributed by atoms with Crippen LogP contribution in [0, 0.1) is 3.57 Å². The predicted octanol–water partition coefficient (Wildman–Crippen LogP) is 2.14. The summed E-state index contributed by atoms with van der Waals surface area (Å²) in [7, 11) is 0. The zero-order valence-electron chi connectivity index (χ0n) is 5.41. The van der Waals surface area contributed by atoms with E-state index in [1.807, 2.05) is 6.07 Å². The number of rotatable bonds is 0. The number of aromatic hydroxyl groups is 1. The van der Waals surface area contributed by atoms with E-state index in [4.69, 9.17) is 4.52 Å². The molecule has 0 radical (unpaired) electrons. The summed E-state index contributed by atoms with van der Waals surface area (Å²) in [6.07, 6.45) is 1.58. The van der Waals surface area contributed by atoms with Crippen molar-refractivity contribution in [3.8, 4) is 5.75 Å². The molecule has 0 amide bonds. The lowest BCUT2D eigenvalue weighted by molar-refractivity contribution is 0.422. The van der Waals surface area contributed by atoms with Gasteiger partial charge in [-0.3, -0.25) is 0 Å². The van der Waals surface area contributed by atoms with Crippen LogP contribution in [0.2, 0.25) is 0 Å². The minimum Gasteiger partial charge on any atom is -0.504 e. The van der Waals surface area contributed by atoms with Crippen LogP contribution in [0.5, 0.6) is 5.75 Å². The summed E-state index contributed by atoms with van der Waals surface area (Å²) in [5, 5.41) is 13.7. The molecule has 0 spiro atoms. The Bertz CT molecular complexity index is 396. The topological polar surface area (TPSA) is 46.3 Å². The van der Waals surface area contributed by atoms with Gasteiger partial charge in [0.15, 0.2) is 5.75 Å². The van der Waals surface area contributed by atoms with E-state index in [2.05, 4.69) is 27.7 Å². The fourth-order valence-corrected chi connectivity index (χ4v) is 1.56. The minimum absolute atomic E-state index is 0.143. The van der Waals surface area contributed by atoms with Crippen LogP contribution >= 0.6 is 22.6 Å². The molecule has 11 heavy (non-hydrogen) atoms. The maximum absolute atomic E-state index is 9.30. The fourth-order valence-electron chi connectivity index (χ4n) is 0.931. The summed E-state index contributed by atoms with van der Waals surface area (Å²) in [5.74, 6) is 0.143. The number of fused-ring (bicyclic) bond motifs is 1. The van der Waals surface area contributed by atoms with E-state index in [1.165, 1.54) is 0 Å². The van der Waals surface area contributed by atoms with E-state index in [-0.39, 0.29) is 5.75 Å². The first-order valence-electron chi connectivity index (χ1n) is 3.00. The Labute approximate surface area is 76.1 Å². The third-order valence-corrected chi connectivity index (χ3v) is 2.02. The highest BCUT2D eigenvalue weighted by Crippen LogP contribution is 2.26. The molecule has 0 aliphatic rings. The third kappa shape index (κ3) is 1.07. The van der Waals surface area contributed by atoms with E-state index in [1.54, 1.807) is 12.3 Å². The Morgan fingerprint density at radius 1 is 1.45 bits per heavy atom. The van der Waals surface area contributed by atoms with Crippen LogP contribution in [-0.4, -0.2) is 10.3 Å². The smallest absolute Gasteiger partial charge is 0.208 e. The van der Waals surface area contributed by atoms with Gasteiger partial charge in [0.2, 0.25) is 5.58 Å². The second kappa shape index (κ2) is 2.37. The quantitative estimate of drug-likeness (QED) is 0.739. The largest absolute Gasteiger partial charge is 0.504 e. The molecule has 56 valence electrons. The zero-order chi connectivity index (χ0) is 7.84. The first kappa shape index (κ1) is 6.90. The van der Waals surface area contributed by atoms with Crippen LogP contribution in [0.1, 0.15) is 0 Å². The normalized spacial score (nSPS) is 10.6. The van der Waals surface area contributed by atoms with Crippen molar-refractivity contribution in [1.29, 1.82) is 0 Å². The van der Waals surface area contributed by atoms with Gasteiger partial charge in [-0.25, -0.2) is 0 Å². The number of hydrogen-bond acceptors (Lipinski definition) is 3. The summed E-state index contributed by atoms with van der Waals surface area (Å²) in [6.45, 7) is 0.